The highest BCUT2D eigenvalue weighted by molar-refractivity contribution is 6.83. The van der Waals surface area contributed by atoms with E-state index in [4.69, 9.17) is 31.8 Å². The highest BCUT2D eigenvalue weighted by atomic mass is 28.3. The number of hydrogen-bond donors (Lipinski definition) is 1. The van der Waals surface area contributed by atoms with E-state index in [1.807, 2.05) is 0 Å². The van der Waals surface area contributed by atoms with Gasteiger partial charge in [-0.3, -0.25) is 4.79 Å². The molecule has 0 atom stereocenters. The zero-order chi connectivity index (χ0) is 22.3. The van der Waals surface area contributed by atoms with E-state index in [0.717, 1.165) is 12.8 Å². The van der Waals surface area contributed by atoms with Crippen LogP contribution in [0.2, 0.25) is 19.6 Å². The quantitative estimate of drug-likeness (QED) is 0.422. The Kier molecular flexibility index (Phi) is 12.4. The Bertz CT molecular complexity index is 635. The molecule has 0 aromatic rings. The van der Waals surface area contributed by atoms with Crippen LogP contribution < -0.4 is 0 Å². The van der Waals surface area contributed by atoms with Crippen LogP contribution in [0.25, 0.3) is 0 Å². The van der Waals surface area contributed by atoms with Crippen LogP contribution in [0.1, 0.15) is 66.2 Å². The van der Waals surface area contributed by atoms with Crippen molar-refractivity contribution >= 4 is 13.9 Å². The van der Waals surface area contributed by atoms with E-state index in [1.54, 1.807) is 0 Å². The lowest BCUT2D eigenvalue weighted by molar-refractivity contribution is -0.195. The van der Waals surface area contributed by atoms with Crippen LogP contribution in [-0.4, -0.2) is 62.6 Å². The molecule has 7 heteroatoms. The molecule has 4 rings (SSSR count). The summed E-state index contributed by atoms with van der Waals surface area (Å²) in [4.78, 5) is 10.9. The molecule has 1 N–H and O–H groups in total. The van der Waals surface area contributed by atoms with E-state index in [1.165, 1.54) is 0 Å². The zero-order valence-electron chi connectivity index (χ0n) is 18.6. The monoisotopic (exact) mass is 468 g/mol. The molecule has 4 fully saturated rings. The molecule has 2 spiro atoms. The third kappa shape index (κ3) is 9.35. The summed E-state index contributed by atoms with van der Waals surface area (Å²) in [7, 11) is -1.10. The van der Waals surface area contributed by atoms with E-state index in [9.17, 15) is 9.90 Å². The van der Waals surface area contributed by atoms with Crippen molar-refractivity contribution in [3.63, 3.8) is 0 Å². The van der Waals surface area contributed by atoms with Crippen molar-refractivity contribution in [3.05, 3.63) is 0 Å². The van der Waals surface area contributed by atoms with Gasteiger partial charge in [0.15, 0.2) is 11.6 Å². The fraction of sp³-hybridized carbons (Fsp3) is 0.800. The standard InChI is InChI=1S/C10H14O3.C8H12O3.C5H10Si.2CH4/c1-2-9(11)3-5-10(6-4-9)12-7-8-13-10;9-7-1-3-8(4-2-7)10-5-6-11-8;1-5-6(2,3)4;;/h1,11H,3-8H2;1-6H2;1H,2-4H3;2*1H4. The van der Waals surface area contributed by atoms with Crippen molar-refractivity contribution in [2.75, 3.05) is 26.4 Å². The number of terminal acetylenes is 2. The van der Waals surface area contributed by atoms with Gasteiger partial charge in [0.25, 0.3) is 0 Å². The van der Waals surface area contributed by atoms with Crippen LogP contribution in [0.15, 0.2) is 0 Å². The molecule has 0 amide bonds. The Balaban J connectivity index is 0.000000465. The maximum absolute atomic E-state index is 10.9. The van der Waals surface area contributed by atoms with E-state index >= 15 is 0 Å². The number of hydrogen-bond acceptors (Lipinski definition) is 6. The lowest BCUT2D eigenvalue weighted by Crippen LogP contribution is -2.42. The summed E-state index contributed by atoms with van der Waals surface area (Å²) in [5.74, 6) is 1.98. The summed E-state index contributed by atoms with van der Waals surface area (Å²) in [5.41, 5.74) is 1.81. The number of rotatable bonds is 0. The molecule has 2 saturated heterocycles. The molecular formula is C25H44O6Si. The van der Waals surface area contributed by atoms with Crippen molar-refractivity contribution in [3.8, 4) is 24.3 Å². The molecule has 0 radical (unpaired) electrons. The van der Waals surface area contributed by atoms with Gasteiger partial charge in [-0.15, -0.1) is 18.4 Å². The topological polar surface area (TPSA) is 74.2 Å². The molecule has 184 valence electrons. The molecule has 4 aliphatic rings. The lowest BCUT2D eigenvalue weighted by atomic mass is 9.82. The van der Waals surface area contributed by atoms with Crippen LogP contribution in [0.3, 0.4) is 0 Å². The predicted octanol–water partition coefficient (Wildman–Crippen LogP) is 4.31. The summed E-state index contributed by atoms with van der Waals surface area (Å²) in [5, 5.41) is 9.78. The second-order valence-corrected chi connectivity index (χ2v) is 14.1. The van der Waals surface area contributed by atoms with Crippen molar-refractivity contribution in [2.45, 2.75) is 103 Å². The van der Waals surface area contributed by atoms with Crippen LogP contribution in [0.5, 0.6) is 0 Å². The normalized spacial score (nSPS) is 24.4. The van der Waals surface area contributed by atoms with E-state index in [2.05, 4.69) is 31.1 Å². The molecule has 6 nitrogen and oxygen atoms in total. The maximum Gasteiger partial charge on any atom is 0.169 e. The van der Waals surface area contributed by atoms with Crippen molar-refractivity contribution in [1.29, 1.82) is 0 Å². The van der Waals surface area contributed by atoms with Crippen LogP contribution in [-0.2, 0) is 23.7 Å². The minimum absolute atomic E-state index is 0. The van der Waals surface area contributed by atoms with Crippen LogP contribution in [0, 0.1) is 24.3 Å². The van der Waals surface area contributed by atoms with Crippen molar-refractivity contribution in [2.24, 2.45) is 0 Å². The number of ether oxygens (including phenoxy) is 4. The first kappa shape index (κ1) is 30.8. The van der Waals surface area contributed by atoms with Crippen molar-refractivity contribution in [1.82, 2.24) is 0 Å². The van der Waals surface area contributed by atoms with Gasteiger partial charge in [-0.05, 0) is 12.8 Å². The predicted molar refractivity (Wildman–Crippen MR) is 131 cm³/mol. The van der Waals surface area contributed by atoms with Gasteiger partial charge in [-0.2, -0.15) is 0 Å². The number of carbonyl (C=O) groups excluding carboxylic acids is 1. The number of ketones is 1. The Morgan fingerprint density at radius 2 is 1.12 bits per heavy atom. The lowest BCUT2D eigenvalue weighted by Gasteiger charge is -2.37. The van der Waals surface area contributed by atoms with E-state index < -0.39 is 19.5 Å². The third-order valence-corrected chi connectivity index (χ3v) is 6.60. The summed E-state index contributed by atoms with van der Waals surface area (Å²) in [6, 6.07) is 0. The SMILES string of the molecule is C.C.C#CC1(O)CCC2(CC1)OCCO2.C#C[Si](C)(C)C.O=C1CCC2(CC1)OCCO2. The molecule has 2 heterocycles. The molecule has 32 heavy (non-hydrogen) atoms. The first-order valence-electron chi connectivity index (χ1n) is 10.8. The first-order valence-corrected chi connectivity index (χ1v) is 14.3. The highest BCUT2D eigenvalue weighted by Gasteiger charge is 2.44. The van der Waals surface area contributed by atoms with Crippen LogP contribution in [0.4, 0.5) is 0 Å². The van der Waals surface area contributed by atoms with Crippen molar-refractivity contribution < 1.29 is 28.8 Å². The molecule has 0 aromatic heterocycles. The van der Waals surface area contributed by atoms with Crippen LogP contribution >= 0.6 is 0 Å². The van der Waals surface area contributed by atoms with Gasteiger partial charge in [0, 0.05) is 38.5 Å². The molecule has 2 saturated carbocycles. The second-order valence-electron chi connectivity index (χ2n) is 9.32. The third-order valence-electron chi connectivity index (χ3n) is 5.74. The first-order chi connectivity index (χ1) is 14.1. The minimum Gasteiger partial charge on any atom is -0.378 e. The van der Waals surface area contributed by atoms with Gasteiger partial charge in [-0.25, -0.2) is 0 Å². The Morgan fingerprint density at radius 1 is 0.781 bits per heavy atom. The van der Waals surface area contributed by atoms with Gasteiger partial charge in [0.2, 0.25) is 0 Å². The molecule has 0 aromatic carbocycles. The Morgan fingerprint density at radius 3 is 1.44 bits per heavy atom. The largest absolute Gasteiger partial charge is 0.378 e. The van der Waals surface area contributed by atoms with Gasteiger partial charge in [0.05, 0.1) is 26.4 Å². The fourth-order valence-electron chi connectivity index (χ4n) is 3.67. The minimum atomic E-state index is -1.10. The van der Waals surface area contributed by atoms with E-state index in [-0.39, 0.29) is 20.6 Å². The number of carbonyl (C=O) groups is 1. The summed E-state index contributed by atoms with van der Waals surface area (Å²) < 4.78 is 21.9. The van der Waals surface area contributed by atoms with Gasteiger partial charge in [-0.1, -0.05) is 40.4 Å². The molecule has 2 aliphatic heterocycles. The highest BCUT2D eigenvalue weighted by Crippen LogP contribution is 2.39. The van der Waals surface area contributed by atoms with E-state index in [0.29, 0.717) is 70.7 Å². The summed E-state index contributed by atoms with van der Waals surface area (Å²) in [6.45, 7) is 9.14. The summed E-state index contributed by atoms with van der Waals surface area (Å²) in [6.07, 6.45) is 15.7. The maximum atomic E-state index is 10.9. The summed E-state index contributed by atoms with van der Waals surface area (Å²) >= 11 is 0. The number of aliphatic hydroxyl groups is 1. The number of Topliss-reactive ketones (excluding diaryl/α,β-unsaturated/α-hetero) is 1. The van der Waals surface area contributed by atoms with Gasteiger partial charge in [0.1, 0.15) is 19.5 Å². The smallest absolute Gasteiger partial charge is 0.169 e. The average Bonchev–Trinajstić information content (AvgIpc) is 3.38. The fourth-order valence-corrected chi connectivity index (χ4v) is 3.67. The Labute approximate surface area is 196 Å². The molecule has 0 bridgehead atoms. The Hall–Kier alpha value is -1.19. The van der Waals surface area contributed by atoms with Gasteiger partial charge >= 0.3 is 0 Å². The molecular weight excluding hydrogens is 424 g/mol. The molecule has 0 unspecified atom stereocenters. The average molecular weight is 469 g/mol. The second kappa shape index (κ2) is 12.9. The van der Waals surface area contributed by atoms with Gasteiger partial charge < -0.3 is 24.1 Å². The molecule has 2 aliphatic carbocycles. The zero-order valence-corrected chi connectivity index (χ0v) is 19.6.